The van der Waals surface area contributed by atoms with Crippen LogP contribution in [-0.2, 0) is 19.1 Å². The molecule has 146 valence electrons. The van der Waals surface area contributed by atoms with E-state index in [1.165, 1.54) is 17.2 Å². The number of benzene rings is 1. The molecule has 3 amide bonds. The fourth-order valence-corrected chi connectivity index (χ4v) is 2.88. The Balaban J connectivity index is 1.58. The van der Waals surface area contributed by atoms with Crippen molar-refractivity contribution < 1.29 is 28.3 Å². The van der Waals surface area contributed by atoms with Gasteiger partial charge in [-0.05, 0) is 31.2 Å². The number of anilines is 2. The highest BCUT2D eigenvalue weighted by molar-refractivity contribution is 6.05. The number of carbonyl (C=O) groups excluding carboxylic acids is 4. The molecule has 9 nitrogen and oxygen atoms in total. The van der Waals surface area contributed by atoms with E-state index in [4.69, 9.17) is 9.15 Å². The summed E-state index contributed by atoms with van der Waals surface area (Å²) in [5, 5.41) is 5.09. The molecule has 0 radical (unpaired) electrons. The molecular weight excluding hydrogens is 366 g/mol. The van der Waals surface area contributed by atoms with Crippen LogP contribution in [0.2, 0.25) is 0 Å². The minimum Gasteiger partial charge on any atom is -0.459 e. The van der Waals surface area contributed by atoms with Crippen molar-refractivity contribution in [3.05, 3.63) is 48.4 Å². The quantitative estimate of drug-likeness (QED) is 0.750. The van der Waals surface area contributed by atoms with E-state index in [2.05, 4.69) is 10.6 Å². The Kier molecular flexibility index (Phi) is 5.73. The molecule has 28 heavy (non-hydrogen) atoms. The molecule has 0 fully saturated rings. The molecule has 1 atom stereocenters. The molecule has 2 aromatic rings. The highest BCUT2D eigenvalue weighted by Gasteiger charge is 2.30. The van der Waals surface area contributed by atoms with Gasteiger partial charge in [0.1, 0.15) is 6.54 Å². The fraction of sp³-hybridized carbons (Fsp3) is 0.263. The number of hydrogen-bond acceptors (Lipinski definition) is 6. The Morgan fingerprint density at radius 2 is 2.04 bits per heavy atom. The molecule has 3 rings (SSSR count). The summed E-state index contributed by atoms with van der Waals surface area (Å²) in [4.78, 5) is 49.6. The first-order chi connectivity index (χ1) is 13.5. The lowest BCUT2D eigenvalue weighted by atomic mass is 10.1. The van der Waals surface area contributed by atoms with Crippen LogP contribution < -0.4 is 15.5 Å². The summed E-state index contributed by atoms with van der Waals surface area (Å²) >= 11 is 0. The van der Waals surface area contributed by atoms with Crippen molar-refractivity contribution in [2.24, 2.45) is 0 Å². The van der Waals surface area contributed by atoms with E-state index in [-0.39, 0.29) is 18.1 Å². The molecule has 0 unspecified atom stereocenters. The molecule has 1 aliphatic heterocycles. The van der Waals surface area contributed by atoms with Gasteiger partial charge in [-0.1, -0.05) is 12.1 Å². The van der Waals surface area contributed by atoms with Gasteiger partial charge in [0, 0.05) is 12.5 Å². The predicted octanol–water partition coefficient (Wildman–Crippen LogP) is 1.32. The molecule has 1 aliphatic rings. The fourth-order valence-electron chi connectivity index (χ4n) is 2.88. The Labute approximate surface area is 160 Å². The molecule has 0 aliphatic carbocycles. The lowest BCUT2D eigenvalue weighted by molar-refractivity contribution is -0.146. The number of nitrogens with one attached hydrogen (secondary N) is 2. The topological polar surface area (TPSA) is 118 Å². The van der Waals surface area contributed by atoms with Crippen molar-refractivity contribution >= 4 is 35.1 Å². The number of nitrogens with zero attached hydrogens (tertiary/aromatic N) is 1. The van der Waals surface area contributed by atoms with Crippen LogP contribution in [0.5, 0.6) is 0 Å². The van der Waals surface area contributed by atoms with Gasteiger partial charge in [-0.15, -0.1) is 0 Å². The van der Waals surface area contributed by atoms with E-state index in [1.54, 1.807) is 37.3 Å². The van der Waals surface area contributed by atoms with E-state index >= 15 is 0 Å². The van der Waals surface area contributed by atoms with Crippen LogP contribution in [0.1, 0.15) is 23.9 Å². The molecule has 0 bridgehead atoms. The van der Waals surface area contributed by atoms with Gasteiger partial charge in [0.05, 0.1) is 17.6 Å². The molecule has 0 saturated heterocycles. The number of furan rings is 1. The predicted molar refractivity (Wildman–Crippen MR) is 98.6 cm³/mol. The Hall–Kier alpha value is -3.62. The number of fused-ring (bicyclic) bond motifs is 1. The van der Waals surface area contributed by atoms with Crippen LogP contribution in [-0.4, -0.2) is 42.9 Å². The van der Waals surface area contributed by atoms with E-state index in [0.717, 1.165) is 0 Å². The Morgan fingerprint density at radius 3 is 2.79 bits per heavy atom. The zero-order valence-electron chi connectivity index (χ0n) is 15.1. The van der Waals surface area contributed by atoms with Crippen LogP contribution in [0.4, 0.5) is 11.4 Å². The summed E-state index contributed by atoms with van der Waals surface area (Å²) in [5.74, 6) is -1.93. The average Bonchev–Trinajstić information content (AvgIpc) is 3.16. The molecule has 9 heteroatoms. The highest BCUT2D eigenvalue weighted by Crippen LogP contribution is 2.31. The van der Waals surface area contributed by atoms with E-state index in [1.807, 2.05) is 0 Å². The van der Waals surface area contributed by atoms with E-state index in [9.17, 15) is 19.2 Å². The van der Waals surface area contributed by atoms with Crippen molar-refractivity contribution in [1.29, 1.82) is 0 Å². The third-order valence-electron chi connectivity index (χ3n) is 4.12. The number of esters is 1. The summed E-state index contributed by atoms with van der Waals surface area (Å²) in [5.41, 5.74) is 1.05. The van der Waals surface area contributed by atoms with Crippen LogP contribution in [0, 0.1) is 0 Å². The maximum atomic E-state index is 12.7. The van der Waals surface area contributed by atoms with Gasteiger partial charge in [-0.25, -0.2) is 0 Å². The standard InChI is InChI=1S/C19H19N3O6/c1-12-9-16(23)21-13-5-2-3-6-14(13)22(12)17(24)11-28-18(25)10-20-19(26)15-7-4-8-27-15/h2-8,12H,9-11H2,1H3,(H,20,26)(H,21,23)/t12-/m1/s1. The smallest absolute Gasteiger partial charge is 0.325 e. The SMILES string of the molecule is C[C@@H]1CC(=O)Nc2ccccc2N1C(=O)COC(=O)CNC(=O)c1ccco1. The molecule has 0 spiro atoms. The largest absolute Gasteiger partial charge is 0.459 e. The zero-order valence-corrected chi connectivity index (χ0v) is 15.1. The van der Waals surface area contributed by atoms with Crippen LogP contribution in [0.25, 0.3) is 0 Å². The summed E-state index contributed by atoms with van der Waals surface area (Å²) in [6, 6.07) is 9.50. The minimum absolute atomic E-state index is 0.0658. The van der Waals surface area contributed by atoms with Crippen LogP contribution in [0.3, 0.4) is 0 Å². The molecule has 2 heterocycles. The second-order valence-corrected chi connectivity index (χ2v) is 6.20. The molecule has 0 saturated carbocycles. The van der Waals surface area contributed by atoms with Gasteiger partial charge in [0.15, 0.2) is 12.4 Å². The lowest BCUT2D eigenvalue weighted by Crippen LogP contribution is -2.42. The highest BCUT2D eigenvalue weighted by atomic mass is 16.5. The average molecular weight is 385 g/mol. The van der Waals surface area contributed by atoms with Crippen molar-refractivity contribution in [2.75, 3.05) is 23.4 Å². The number of para-hydroxylation sites is 2. The van der Waals surface area contributed by atoms with Gasteiger partial charge >= 0.3 is 5.97 Å². The first-order valence-electron chi connectivity index (χ1n) is 8.64. The number of rotatable bonds is 5. The summed E-state index contributed by atoms with van der Waals surface area (Å²) in [6.07, 6.45) is 1.46. The van der Waals surface area contributed by atoms with Crippen LogP contribution >= 0.6 is 0 Å². The number of hydrogen-bond donors (Lipinski definition) is 2. The second-order valence-electron chi connectivity index (χ2n) is 6.20. The molecule has 1 aromatic heterocycles. The number of carbonyl (C=O) groups is 4. The van der Waals surface area contributed by atoms with Gasteiger partial charge in [0.2, 0.25) is 5.91 Å². The van der Waals surface area contributed by atoms with Crippen molar-refractivity contribution in [1.82, 2.24) is 5.32 Å². The second kappa shape index (κ2) is 8.38. The maximum Gasteiger partial charge on any atom is 0.325 e. The van der Waals surface area contributed by atoms with Gasteiger partial charge in [-0.2, -0.15) is 0 Å². The van der Waals surface area contributed by atoms with Gasteiger partial charge in [-0.3, -0.25) is 19.2 Å². The van der Waals surface area contributed by atoms with E-state index < -0.39 is 37.0 Å². The molecular formula is C19H19N3O6. The number of ether oxygens (including phenoxy) is 1. The normalized spacial score (nSPS) is 15.8. The summed E-state index contributed by atoms with van der Waals surface area (Å²) in [6.45, 7) is 0.826. The summed E-state index contributed by atoms with van der Waals surface area (Å²) < 4.78 is 9.89. The maximum absolute atomic E-state index is 12.7. The first kappa shape index (κ1) is 19.2. The van der Waals surface area contributed by atoms with Crippen molar-refractivity contribution in [3.63, 3.8) is 0 Å². The van der Waals surface area contributed by atoms with Crippen LogP contribution in [0.15, 0.2) is 47.1 Å². The molecule has 2 N–H and O–H groups in total. The third-order valence-corrected chi connectivity index (χ3v) is 4.12. The lowest BCUT2D eigenvalue weighted by Gasteiger charge is -2.27. The number of amides is 3. The van der Waals surface area contributed by atoms with Crippen molar-refractivity contribution in [3.8, 4) is 0 Å². The Bertz CT molecular complexity index is 893. The molecule has 1 aromatic carbocycles. The Morgan fingerprint density at radius 1 is 1.25 bits per heavy atom. The first-order valence-corrected chi connectivity index (χ1v) is 8.64. The van der Waals surface area contributed by atoms with Gasteiger partial charge < -0.3 is 24.7 Å². The van der Waals surface area contributed by atoms with Crippen molar-refractivity contribution in [2.45, 2.75) is 19.4 Å². The van der Waals surface area contributed by atoms with Gasteiger partial charge in [0.25, 0.3) is 11.8 Å². The zero-order chi connectivity index (χ0) is 20.1. The monoisotopic (exact) mass is 385 g/mol. The van der Waals surface area contributed by atoms with E-state index in [0.29, 0.717) is 11.4 Å². The third kappa shape index (κ3) is 4.37. The minimum atomic E-state index is -0.766. The summed E-state index contributed by atoms with van der Waals surface area (Å²) in [7, 11) is 0.